The minimum Gasteiger partial charge on any atom is -0.0868 e. The van der Waals surface area contributed by atoms with Gasteiger partial charge in [-0.3, -0.25) is 0 Å². The third-order valence-electron chi connectivity index (χ3n) is 3.33. The summed E-state index contributed by atoms with van der Waals surface area (Å²) < 4.78 is 0. The fraction of sp³-hybridized carbons (Fsp3) is 0.286. The highest BCUT2D eigenvalue weighted by atomic mass is 31.1. The molecule has 0 N–H and O–H groups in total. The van der Waals surface area contributed by atoms with Gasteiger partial charge in [-0.1, -0.05) is 37.9 Å². The molecule has 0 unspecified atom stereocenters. The zero-order valence-corrected chi connectivity index (χ0v) is 10.7. The minimum absolute atomic E-state index is 0.182. The molecule has 0 aliphatic heterocycles. The largest absolute Gasteiger partial charge is 0.0868 e. The van der Waals surface area contributed by atoms with Crippen LogP contribution in [0, 0.1) is 27.7 Å². The maximum absolute atomic E-state index is 2.29. The second-order valence-electron chi connectivity index (χ2n) is 4.09. The summed E-state index contributed by atoms with van der Waals surface area (Å²) in [5, 5.41) is 4.64. The van der Waals surface area contributed by atoms with E-state index < -0.39 is 0 Å². The Morgan fingerprint density at radius 3 is 1.67 bits per heavy atom. The minimum atomic E-state index is -0.182. The van der Waals surface area contributed by atoms with E-state index in [4.69, 9.17) is 0 Å². The van der Waals surface area contributed by atoms with E-state index in [2.05, 4.69) is 58.0 Å². The van der Waals surface area contributed by atoms with Gasteiger partial charge in [0, 0.05) is 0 Å². The molecule has 0 aliphatic rings. The third kappa shape index (κ3) is 1.64. The van der Waals surface area contributed by atoms with Crippen LogP contribution in [-0.4, -0.2) is 0 Å². The van der Waals surface area contributed by atoms with Crippen molar-refractivity contribution in [3.8, 4) is 5.30 Å². The SMILES string of the molecule is Cc1c(C)c(C)p(-c2ccccc2)c1C. The van der Waals surface area contributed by atoms with Crippen molar-refractivity contribution in [1.82, 2.24) is 0 Å². The van der Waals surface area contributed by atoms with E-state index in [-0.39, 0.29) is 7.53 Å². The average Bonchev–Trinajstić information content (AvgIpc) is 2.45. The van der Waals surface area contributed by atoms with Crippen LogP contribution < -0.4 is 0 Å². The summed E-state index contributed by atoms with van der Waals surface area (Å²) in [4.78, 5) is 0. The number of hydrogen-bond donors (Lipinski definition) is 0. The molecule has 0 fully saturated rings. The summed E-state index contributed by atoms with van der Waals surface area (Å²) in [5.41, 5.74) is 3.00. The van der Waals surface area contributed by atoms with Gasteiger partial charge in [0.25, 0.3) is 0 Å². The van der Waals surface area contributed by atoms with Crippen LogP contribution in [0.1, 0.15) is 21.7 Å². The monoisotopic (exact) mass is 216 g/mol. The van der Waals surface area contributed by atoms with E-state index in [0.717, 1.165) is 0 Å². The lowest BCUT2D eigenvalue weighted by molar-refractivity contribution is 1.32. The second kappa shape index (κ2) is 3.87. The fourth-order valence-corrected chi connectivity index (χ4v) is 4.85. The van der Waals surface area contributed by atoms with Crippen LogP contribution in [0.25, 0.3) is 5.30 Å². The molecule has 0 nitrogen and oxygen atoms in total. The summed E-state index contributed by atoms with van der Waals surface area (Å²) in [7, 11) is -0.182. The first kappa shape index (κ1) is 10.5. The molecule has 0 saturated carbocycles. The van der Waals surface area contributed by atoms with Gasteiger partial charge in [0.1, 0.15) is 0 Å². The molecule has 0 radical (unpaired) electrons. The number of rotatable bonds is 1. The van der Waals surface area contributed by atoms with E-state index >= 15 is 0 Å². The molecule has 1 aromatic heterocycles. The standard InChI is InChI=1S/C14H17P/c1-10-11(2)13(4)15(12(10)3)14-8-6-5-7-9-14/h5-9H,1-4H3. The molecule has 0 spiro atoms. The lowest BCUT2D eigenvalue weighted by Gasteiger charge is -2.04. The molecule has 0 atom stereocenters. The summed E-state index contributed by atoms with van der Waals surface area (Å²) in [6.45, 7) is 9.07. The number of hydrogen-bond acceptors (Lipinski definition) is 0. The van der Waals surface area contributed by atoms with Gasteiger partial charge >= 0.3 is 0 Å². The van der Waals surface area contributed by atoms with Crippen molar-refractivity contribution >= 4 is 7.53 Å². The summed E-state index contributed by atoms with van der Waals surface area (Å²) in [6.07, 6.45) is 0. The molecule has 1 heteroatoms. The van der Waals surface area contributed by atoms with Crippen LogP contribution in [0.5, 0.6) is 0 Å². The Morgan fingerprint density at radius 1 is 0.733 bits per heavy atom. The second-order valence-corrected chi connectivity index (χ2v) is 6.62. The first-order chi connectivity index (χ1) is 7.13. The van der Waals surface area contributed by atoms with Gasteiger partial charge < -0.3 is 0 Å². The summed E-state index contributed by atoms with van der Waals surface area (Å²) in [6, 6.07) is 10.9. The highest BCUT2D eigenvalue weighted by molar-refractivity contribution is 7.58. The Morgan fingerprint density at radius 2 is 1.20 bits per heavy atom. The maximum Gasteiger partial charge on any atom is -0.00168 e. The van der Waals surface area contributed by atoms with Crippen LogP contribution in [0.3, 0.4) is 0 Å². The highest BCUT2D eigenvalue weighted by Gasteiger charge is 2.12. The molecule has 15 heavy (non-hydrogen) atoms. The van der Waals surface area contributed by atoms with Gasteiger partial charge in [-0.2, -0.15) is 0 Å². The maximum atomic E-state index is 2.29. The van der Waals surface area contributed by atoms with Crippen molar-refractivity contribution in [2.75, 3.05) is 0 Å². The zero-order valence-electron chi connectivity index (χ0n) is 9.83. The molecule has 0 aliphatic carbocycles. The first-order valence-corrected chi connectivity index (χ1v) is 6.67. The van der Waals surface area contributed by atoms with E-state index in [1.54, 1.807) is 10.6 Å². The summed E-state index contributed by atoms with van der Waals surface area (Å²) >= 11 is 0. The van der Waals surface area contributed by atoms with E-state index in [1.807, 2.05) is 0 Å². The lowest BCUT2D eigenvalue weighted by atomic mass is 10.2. The van der Waals surface area contributed by atoms with Crippen molar-refractivity contribution in [3.63, 3.8) is 0 Å². The predicted octanol–water partition coefficient (Wildman–Crippen LogP) is 4.90. The smallest absolute Gasteiger partial charge is 0.00168 e. The third-order valence-corrected chi connectivity index (χ3v) is 6.16. The van der Waals surface area contributed by atoms with Gasteiger partial charge in [0.05, 0.1) is 0 Å². The van der Waals surface area contributed by atoms with Crippen LogP contribution in [0.2, 0.25) is 0 Å². The van der Waals surface area contributed by atoms with Gasteiger partial charge in [0.2, 0.25) is 0 Å². The van der Waals surface area contributed by atoms with Crippen LogP contribution >= 0.6 is 7.53 Å². The molecule has 2 rings (SSSR count). The van der Waals surface area contributed by atoms with Gasteiger partial charge in [-0.05, 0) is 54.7 Å². The Labute approximate surface area is 93.0 Å². The van der Waals surface area contributed by atoms with Gasteiger partial charge in [-0.15, -0.1) is 0 Å². The topological polar surface area (TPSA) is 0 Å². The molecule has 1 aromatic carbocycles. The molecule has 78 valence electrons. The fourth-order valence-electron chi connectivity index (χ4n) is 2.09. The normalized spacial score (nSPS) is 10.7. The van der Waals surface area contributed by atoms with E-state index in [0.29, 0.717) is 0 Å². The molecular weight excluding hydrogens is 199 g/mol. The van der Waals surface area contributed by atoms with Crippen molar-refractivity contribution < 1.29 is 0 Å². The van der Waals surface area contributed by atoms with Crippen molar-refractivity contribution in [3.05, 3.63) is 52.0 Å². The number of benzene rings is 1. The Balaban J connectivity index is 2.69. The van der Waals surface area contributed by atoms with Crippen LogP contribution in [0.15, 0.2) is 30.3 Å². The predicted molar refractivity (Wildman–Crippen MR) is 69.4 cm³/mol. The lowest BCUT2D eigenvalue weighted by Crippen LogP contribution is -1.73. The average molecular weight is 216 g/mol. The molecule has 1 heterocycles. The highest BCUT2D eigenvalue weighted by Crippen LogP contribution is 2.50. The van der Waals surface area contributed by atoms with Crippen molar-refractivity contribution in [2.24, 2.45) is 0 Å². The Hall–Kier alpha value is -1.00. The van der Waals surface area contributed by atoms with Crippen LogP contribution in [-0.2, 0) is 0 Å². The quantitative estimate of drug-likeness (QED) is 0.636. The Kier molecular flexibility index (Phi) is 2.71. The van der Waals surface area contributed by atoms with Gasteiger partial charge in [-0.25, -0.2) is 0 Å². The zero-order chi connectivity index (χ0) is 11.0. The van der Waals surface area contributed by atoms with Crippen LogP contribution in [0.4, 0.5) is 0 Å². The first-order valence-electron chi connectivity index (χ1n) is 5.33. The summed E-state index contributed by atoms with van der Waals surface area (Å²) in [5.74, 6) is 0. The van der Waals surface area contributed by atoms with E-state index in [1.165, 1.54) is 16.4 Å². The molecule has 0 saturated heterocycles. The van der Waals surface area contributed by atoms with Gasteiger partial charge in [0.15, 0.2) is 0 Å². The molecular formula is C14H17P. The van der Waals surface area contributed by atoms with E-state index in [9.17, 15) is 0 Å². The van der Waals surface area contributed by atoms with Crippen molar-refractivity contribution in [2.45, 2.75) is 27.7 Å². The Bertz CT molecular complexity index is 452. The molecule has 0 amide bonds. The molecule has 2 aromatic rings. The molecule has 0 bridgehead atoms. The van der Waals surface area contributed by atoms with Crippen molar-refractivity contribution in [1.29, 1.82) is 0 Å².